The van der Waals surface area contributed by atoms with Crippen LogP contribution in [0.3, 0.4) is 0 Å². The van der Waals surface area contributed by atoms with E-state index in [4.69, 9.17) is 4.74 Å². The van der Waals surface area contributed by atoms with Gasteiger partial charge in [0.2, 0.25) is 0 Å². The van der Waals surface area contributed by atoms with Crippen LogP contribution in [0.25, 0.3) is 0 Å². The van der Waals surface area contributed by atoms with Crippen LogP contribution in [-0.2, 0) is 4.74 Å². The van der Waals surface area contributed by atoms with E-state index in [-0.39, 0.29) is 22.4 Å². The monoisotopic (exact) mass is 459 g/mol. The minimum absolute atomic E-state index is 0. The Morgan fingerprint density at radius 1 is 0.821 bits per heavy atom. The van der Waals surface area contributed by atoms with Crippen molar-refractivity contribution in [2.45, 2.75) is 90.3 Å². The van der Waals surface area contributed by atoms with Gasteiger partial charge in [0.05, 0.1) is 27.2 Å². The lowest BCUT2D eigenvalue weighted by Crippen LogP contribution is -3.00. The third-order valence-electron chi connectivity index (χ3n) is 6.38. The van der Waals surface area contributed by atoms with E-state index in [1.54, 1.807) is 13.2 Å². The number of quaternary nitrogens is 1. The molecule has 4 heteroatoms. The zero-order chi connectivity index (χ0) is 20.2. The predicted octanol–water partition coefficient (Wildman–Crippen LogP) is 2.85. The Morgan fingerprint density at radius 2 is 1.32 bits per heavy atom. The van der Waals surface area contributed by atoms with E-state index in [0.29, 0.717) is 0 Å². The topological polar surface area (TPSA) is 29.5 Å². The minimum Gasteiger partial charge on any atom is -1.00 e. The number of methoxy groups -OCH3 is 1. The number of hydrogen-bond donors (Lipinski definition) is 1. The molecule has 2 unspecified atom stereocenters. The van der Waals surface area contributed by atoms with Crippen LogP contribution in [0.4, 0.5) is 0 Å². The molecule has 0 radical (unpaired) electrons. The molecule has 1 rings (SSSR count). The van der Waals surface area contributed by atoms with Gasteiger partial charge in [-0.3, -0.25) is 0 Å². The van der Waals surface area contributed by atoms with Crippen LogP contribution < -0.4 is 17.0 Å². The summed E-state index contributed by atoms with van der Waals surface area (Å²) in [5.74, 6) is -1.20. The van der Waals surface area contributed by atoms with Crippen molar-refractivity contribution in [1.82, 2.24) is 0 Å². The van der Waals surface area contributed by atoms with Gasteiger partial charge in [-0.1, -0.05) is 83.4 Å². The number of nitrogens with zero attached hydrogens (tertiary/aromatic N) is 1. The number of aliphatic hydroxyl groups is 1. The molecular formula is C24H46BrNO2. The van der Waals surface area contributed by atoms with Gasteiger partial charge in [-0.25, -0.2) is 0 Å². The van der Waals surface area contributed by atoms with Gasteiger partial charge < -0.3 is 31.3 Å². The first-order valence-corrected chi connectivity index (χ1v) is 11.3. The van der Waals surface area contributed by atoms with Crippen LogP contribution in [-0.4, -0.2) is 49.7 Å². The molecule has 0 saturated carbocycles. The molecule has 0 heterocycles. The second kappa shape index (κ2) is 14.0. The number of halogens is 1. The van der Waals surface area contributed by atoms with Crippen molar-refractivity contribution in [1.29, 1.82) is 0 Å². The molecule has 0 aromatic rings. The summed E-state index contributed by atoms with van der Waals surface area (Å²) >= 11 is 0. The third kappa shape index (κ3) is 9.56. The second-order valence-electron chi connectivity index (χ2n) is 9.35. The average Bonchev–Trinajstić information content (AvgIpc) is 2.64. The van der Waals surface area contributed by atoms with Crippen LogP contribution in [0, 0.1) is 5.41 Å². The van der Waals surface area contributed by atoms with Crippen molar-refractivity contribution in [3.63, 3.8) is 0 Å². The number of hydrogen-bond acceptors (Lipinski definition) is 2. The molecule has 1 aliphatic carbocycles. The molecule has 1 aliphatic rings. The van der Waals surface area contributed by atoms with Crippen LogP contribution in [0.1, 0.15) is 84.5 Å². The quantitative estimate of drug-likeness (QED) is 0.231. The molecule has 1 N–H and O–H groups in total. The van der Waals surface area contributed by atoms with Crippen LogP contribution in [0.15, 0.2) is 24.3 Å². The summed E-state index contributed by atoms with van der Waals surface area (Å²) in [6.07, 6.45) is 22.5. The third-order valence-corrected chi connectivity index (χ3v) is 6.38. The molecule has 0 spiro atoms. The molecular weight excluding hydrogens is 414 g/mol. The standard InChI is InChI=1S/C24H46NO2.BrH/c1-6-7-8-9-10-11-12-13-14-17-21-25(3,4)22-20-23(2)18-15-16-19-24(23,26)27-5;/h15-16,18-19,26H,6-14,17,20-22H2,1-5H3;1H/q+1;/p-1. The average molecular weight is 461 g/mol. The Balaban J connectivity index is 0.00000729. The van der Waals surface area contributed by atoms with Gasteiger partial charge in [-0.2, -0.15) is 0 Å². The SMILES string of the molecule is CCCCCCCCCCCC[N+](C)(C)CCC1(C)C=CC=CC1(O)OC.[Br-]. The fourth-order valence-electron chi connectivity index (χ4n) is 4.00. The maximum atomic E-state index is 10.8. The van der Waals surface area contributed by atoms with E-state index in [1.165, 1.54) is 70.8 Å². The summed E-state index contributed by atoms with van der Waals surface area (Å²) in [7, 11) is 6.21. The summed E-state index contributed by atoms with van der Waals surface area (Å²) in [6, 6.07) is 0. The molecule has 0 saturated heterocycles. The highest BCUT2D eigenvalue weighted by Crippen LogP contribution is 2.40. The summed E-state index contributed by atoms with van der Waals surface area (Å²) in [4.78, 5) is 0. The summed E-state index contributed by atoms with van der Waals surface area (Å²) in [5.41, 5.74) is -0.371. The highest BCUT2D eigenvalue weighted by atomic mass is 79.9. The number of allylic oxidation sites excluding steroid dienone is 2. The van der Waals surface area contributed by atoms with E-state index in [9.17, 15) is 5.11 Å². The van der Waals surface area contributed by atoms with Gasteiger partial charge in [0.1, 0.15) is 0 Å². The first-order chi connectivity index (χ1) is 12.8. The lowest BCUT2D eigenvalue weighted by atomic mass is 9.75. The van der Waals surface area contributed by atoms with Crippen LogP contribution in [0.5, 0.6) is 0 Å². The lowest BCUT2D eigenvalue weighted by molar-refractivity contribution is -0.891. The van der Waals surface area contributed by atoms with E-state index in [1.807, 2.05) is 12.2 Å². The number of unbranched alkanes of at least 4 members (excludes halogenated alkanes) is 9. The Labute approximate surface area is 185 Å². The Morgan fingerprint density at radius 3 is 1.86 bits per heavy atom. The number of ether oxygens (including phenoxy) is 1. The zero-order valence-corrected chi connectivity index (χ0v) is 20.8. The van der Waals surface area contributed by atoms with E-state index in [2.05, 4.69) is 34.0 Å². The van der Waals surface area contributed by atoms with Crippen molar-refractivity contribution >= 4 is 0 Å². The molecule has 0 aromatic carbocycles. The molecule has 0 aromatic heterocycles. The van der Waals surface area contributed by atoms with Crippen molar-refractivity contribution < 1.29 is 31.3 Å². The van der Waals surface area contributed by atoms with Crippen molar-refractivity contribution in [2.75, 3.05) is 34.3 Å². The molecule has 166 valence electrons. The molecule has 0 fully saturated rings. The fourth-order valence-corrected chi connectivity index (χ4v) is 4.00. The van der Waals surface area contributed by atoms with Gasteiger partial charge in [0, 0.05) is 18.9 Å². The van der Waals surface area contributed by atoms with Gasteiger partial charge in [0.15, 0.2) is 5.79 Å². The second-order valence-corrected chi connectivity index (χ2v) is 9.35. The van der Waals surface area contributed by atoms with Gasteiger partial charge >= 0.3 is 0 Å². The maximum absolute atomic E-state index is 10.8. The van der Waals surface area contributed by atoms with Crippen molar-refractivity contribution in [3.05, 3.63) is 24.3 Å². The molecule has 28 heavy (non-hydrogen) atoms. The summed E-state index contributed by atoms with van der Waals surface area (Å²) in [5, 5.41) is 10.8. The fraction of sp³-hybridized carbons (Fsp3) is 0.833. The summed E-state index contributed by atoms with van der Waals surface area (Å²) in [6.45, 7) is 6.62. The molecule has 2 atom stereocenters. The largest absolute Gasteiger partial charge is 1.00 e. The molecule has 0 amide bonds. The Kier molecular flexibility index (Phi) is 13.9. The minimum atomic E-state index is -1.20. The summed E-state index contributed by atoms with van der Waals surface area (Å²) < 4.78 is 6.44. The lowest BCUT2D eigenvalue weighted by Gasteiger charge is -2.43. The molecule has 0 bridgehead atoms. The van der Waals surface area contributed by atoms with Crippen LogP contribution >= 0.6 is 0 Å². The highest BCUT2D eigenvalue weighted by molar-refractivity contribution is 5.23. The van der Waals surface area contributed by atoms with E-state index < -0.39 is 5.79 Å². The first-order valence-electron chi connectivity index (χ1n) is 11.3. The maximum Gasteiger partial charge on any atom is 0.194 e. The normalized spacial score (nSPS) is 24.4. The molecule has 3 nitrogen and oxygen atoms in total. The first kappa shape index (κ1) is 27.8. The van der Waals surface area contributed by atoms with E-state index in [0.717, 1.165) is 17.4 Å². The van der Waals surface area contributed by atoms with Gasteiger partial charge in [-0.15, -0.1) is 0 Å². The van der Waals surface area contributed by atoms with Crippen molar-refractivity contribution in [3.8, 4) is 0 Å². The molecule has 0 aliphatic heterocycles. The van der Waals surface area contributed by atoms with E-state index >= 15 is 0 Å². The Bertz CT molecular complexity index is 464. The van der Waals surface area contributed by atoms with Gasteiger partial charge in [-0.05, 0) is 18.9 Å². The van der Waals surface area contributed by atoms with Crippen molar-refractivity contribution in [2.24, 2.45) is 5.41 Å². The smallest absolute Gasteiger partial charge is 0.194 e. The zero-order valence-electron chi connectivity index (χ0n) is 19.2. The Hall–Kier alpha value is -0.160. The highest BCUT2D eigenvalue weighted by Gasteiger charge is 2.45. The number of rotatable bonds is 15. The van der Waals surface area contributed by atoms with Gasteiger partial charge in [0.25, 0.3) is 0 Å². The predicted molar refractivity (Wildman–Crippen MR) is 117 cm³/mol. The van der Waals surface area contributed by atoms with Crippen LogP contribution in [0.2, 0.25) is 0 Å².